The van der Waals surface area contributed by atoms with Crippen LogP contribution in [0.15, 0.2) is 21.9 Å². The van der Waals surface area contributed by atoms with E-state index in [1.807, 2.05) is 4.98 Å². The molecule has 2 rings (SSSR count). The fourth-order valence-electron chi connectivity index (χ4n) is 2.46. The summed E-state index contributed by atoms with van der Waals surface area (Å²) in [4.78, 5) is 25.0. The van der Waals surface area contributed by atoms with Gasteiger partial charge in [-0.05, 0) is 6.92 Å². The molecule has 0 aromatic carbocycles. The first kappa shape index (κ1) is 14.9. The van der Waals surface area contributed by atoms with Crippen molar-refractivity contribution in [2.45, 2.75) is 37.0 Å². The first-order valence-corrected chi connectivity index (χ1v) is 6.07. The molecule has 1 unspecified atom stereocenters. The van der Waals surface area contributed by atoms with Crippen molar-refractivity contribution in [3.8, 4) is 0 Å². The second kappa shape index (κ2) is 5.11. The maximum atomic E-state index is 11.9. The van der Waals surface area contributed by atoms with Crippen molar-refractivity contribution in [2.75, 3.05) is 6.61 Å². The zero-order valence-corrected chi connectivity index (χ0v) is 10.8. The third-order valence-electron chi connectivity index (χ3n) is 3.50. The number of aliphatic hydroxyl groups is 3. The van der Waals surface area contributed by atoms with Gasteiger partial charge in [-0.25, -0.2) is 4.79 Å². The lowest BCUT2D eigenvalue weighted by Gasteiger charge is -2.36. The van der Waals surface area contributed by atoms with Gasteiger partial charge in [0.25, 0.3) is 5.56 Å². The van der Waals surface area contributed by atoms with Crippen molar-refractivity contribution in [1.29, 1.82) is 0 Å². The van der Waals surface area contributed by atoms with Crippen molar-refractivity contribution in [2.24, 2.45) is 5.73 Å². The second-order valence-corrected chi connectivity index (χ2v) is 4.79. The average molecular weight is 287 g/mol. The molecule has 0 aliphatic carbocycles. The number of hydrogen-bond donors (Lipinski definition) is 5. The summed E-state index contributed by atoms with van der Waals surface area (Å²) in [6, 6.07) is 0.174. The van der Waals surface area contributed by atoms with Crippen LogP contribution in [0.25, 0.3) is 0 Å². The maximum absolute atomic E-state index is 11.9. The zero-order valence-electron chi connectivity index (χ0n) is 10.8. The molecule has 5 atom stereocenters. The predicted molar refractivity (Wildman–Crippen MR) is 66.9 cm³/mol. The normalized spacial score (nSPS) is 35.1. The molecule has 1 fully saturated rings. The quantitative estimate of drug-likeness (QED) is 0.389. The second-order valence-electron chi connectivity index (χ2n) is 4.79. The first-order chi connectivity index (χ1) is 9.34. The van der Waals surface area contributed by atoms with Crippen LogP contribution < -0.4 is 17.0 Å². The van der Waals surface area contributed by atoms with Gasteiger partial charge in [0.2, 0.25) is 0 Å². The van der Waals surface area contributed by atoms with Gasteiger partial charge in [0.1, 0.15) is 18.3 Å². The summed E-state index contributed by atoms with van der Waals surface area (Å²) in [6.45, 7) is 0.929. The number of nitrogens with two attached hydrogens (primary N) is 1. The molecule has 1 saturated heterocycles. The smallest absolute Gasteiger partial charge is 0.330 e. The molecule has 112 valence electrons. The average Bonchev–Trinajstić information content (AvgIpc) is 2.64. The molecule has 0 spiro atoms. The van der Waals surface area contributed by atoms with E-state index in [4.69, 9.17) is 15.6 Å². The van der Waals surface area contributed by atoms with Crippen LogP contribution in [0.4, 0.5) is 0 Å². The molecule has 9 nitrogen and oxygen atoms in total. The van der Waals surface area contributed by atoms with Crippen LogP contribution in [0.3, 0.4) is 0 Å². The number of aromatic amines is 1. The van der Waals surface area contributed by atoms with E-state index in [-0.39, 0.29) is 0 Å². The molecule has 1 aromatic heterocycles. The molecular formula is C11H17N3O6. The van der Waals surface area contributed by atoms with E-state index >= 15 is 0 Å². The summed E-state index contributed by atoms with van der Waals surface area (Å²) >= 11 is 0. The number of aromatic nitrogens is 2. The molecular weight excluding hydrogens is 270 g/mol. The van der Waals surface area contributed by atoms with E-state index < -0.39 is 47.9 Å². The molecule has 0 radical (unpaired) electrons. The van der Waals surface area contributed by atoms with Crippen LogP contribution in [0.5, 0.6) is 0 Å². The third-order valence-corrected chi connectivity index (χ3v) is 3.50. The van der Waals surface area contributed by atoms with Crippen LogP contribution in [-0.4, -0.2) is 55.8 Å². The van der Waals surface area contributed by atoms with Gasteiger partial charge < -0.3 is 25.8 Å². The lowest BCUT2D eigenvalue weighted by molar-refractivity contribution is -0.162. The Labute approximate surface area is 113 Å². The molecule has 0 bridgehead atoms. The zero-order chi connectivity index (χ0) is 15.1. The Balaban J connectivity index is 2.62. The van der Waals surface area contributed by atoms with E-state index in [1.54, 1.807) is 0 Å². The number of rotatable bonds is 3. The van der Waals surface area contributed by atoms with Gasteiger partial charge in [0.15, 0.2) is 5.72 Å². The van der Waals surface area contributed by atoms with E-state index in [0.29, 0.717) is 0 Å². The minimum atomic E-state index is -1.77. The standard InChI is InChI=1S/C11H17N3O6/c1-5(12)11(9(18)8(17)6(4-15)20-11)14-3-2-7(16)13-10(14)19/h2-3,5-6,8-9,15,17-18H,4,12H2,1H3,(H,13,16,19)/t5?,6-,8-,9-,11-/m1/s1. The molecule has 1 aromatic rings. The minimum absolute atomic E-state index is 0.551. The highest BCUT2D eigenvalue weighted by molar-refractivity contribution is 5.05. The number of nitrogens with zero attached hydrogens (tertiary/aromatic N) is 1. The molecule has 1 aliphatic rings. The van der Waals surface area contributed by atoms with E-state index in [2.05, 4.69) is 0 Å². The van der Waals surface area contributed by atoms with E-state index in [9.17, 15) is 19.8 Å². The van der Waals surface area contributed by atoms with Crippen molar-refractivity contribution < 1.29 is 20.1 Å². The lowest BCUT2D eigenvalue weighted by Crippen LogP contribution is -2.60. The number of nitrogens with one attached hydrogen (secondary N) is 1. The minimum Gasteiger partial charge on any atom is -0.394 e. The Morgan fingerprint density at radius 3 is 2.65 bits per heavy atom. The van der Waals surface area contributed by atoms with Gasteiger partial charge >= 0.3 is 5.69 Å². The highest BCUT2D eigenvalue weighted by Gasteiger charge is 2.57. The third kappa shape index (κ3) is 2.00. The molecule has 0 amide bonds. The SMILES string of the molecule is CC(N)[C@@]1(n2ccc(=O)[nH]c2=O)O[C@H](CO)[C@@H](O)[C@H]1O. The van der Waals surface area contributed by atoms with Crippen molar-refractivity contribution in [3.05, 3.63) is 33.1 Å². The number of hydrogen-bond acceptors (Lipinski definition) is 7. The number of aliphatic hydroxyl groups excluding tert-OH is 3. The Kier molecular flexibility index (Phi) is 3.80. The van der Waals surface area contributed by atoms with Gasteiger partial charge in [-0.3, -0.25) is 14.3 Å². The Hall–Kier alpha value is -1.52. The van der Waals surface area contributed by atoms with Gasteiger partial charge in [-0.15, -0.1) is 0 Å². The summed E-state index contributed by atoms with van der Waals surface area (Å²) in [7, 11) is 0. The van der Waals surface area contributed by atoms with Crippen LogP contribution in [0.1, 0.15) is 6.92 Å². The highest BCUT2D eigenvalue weighted by Crippen LogP contribution is 2.36. The molecule has 1 aliphatic heterocycles. The number of H-pyrrole nitrogens is 1. The predicted octanol–water partition coefficient (Wildman–Crippen LogP) is -3.35. The summed E-state index contributed by atoms with van der Waals surface area (Å²) in [5.74, 6) is 0. The molecule has 9 heteroatoms. The topological polar surface area (TPSA) is 151 Å². The molecule has 0 saturated carbocycles. The fraction of sp³-hybridized carbons (Fsp3) is 0.636. The molecule has 2 heterocycles. The first-order valence-electron chi connectivity index (χ1n) is 6.07. The highest BCUT2D eigenvalue weighted by atomic mass is 16.6. The summed E-state index contributed by atoms with van der Waals surface area (Å²) in [5, 5.41) is 29.2. The summed E-state index contributed by atoms with van der Waals surface area (Å²) in [6.07, 6.45) is -2.91. The maximum Gasteiger partial charge on any atom is 0.330 e. The molecule has 20 heavy (non-hydrogen) atoms. The monoisotopic (exact) mass is 287 g/mol. The summed E-state index contributed by atoms with van der Waals surface area (Å²) in [5.41, 5.74) is 2.60. The van der Waals surface area contributed by atoms with E-state index in [0.717, 1.165) is 16.8 Å². The number of ether oxygens (including phenoxy) is 1. The summed E-state index contributed by atoms with van der Waals surface area (Å²) < 4.78 is 6.38. The van der Waals surface area contributed by atoms with Crippen molar-refractivity contribution in [1.82, 2.24) is 9.55 Å². The van der Waals surface area contributed by atoms with Crippen LogP contribution >= 0.6 is 0 Å². The lowest BCUT2D eigenvalue weighted by atomic mass is 9.96. The Bertz CT molecular complexity index is 596. The fourth-order valence-corrected chi connectivity index (χ4v) is 2.46. The van der Waals surface area contributed by atoms with Gasteiger partial charge in [0.05, 0.1) is 12.6 Å². The van der Waals surface area contributed by atoms with Gasteiger partial charge in [-0.1, -0.05) is 0 Å². The van der Waals surface area contributed by atoms with Crippen LogP contribution in [-0.2, 0) is 10.5 Å². The Morgan fingerprint density at radius 1 is 1.55 bits per heavy atom. The van der Waals surface area contributed by atoms with Crippen LogP contribution in [0.2, 0.25) is 0 Å². The van der Waals surface area contributed by atoms with Gasteiger partial charge in [-0.2, -0.15) is 0 Å². The van der Waals surface area contributed by atoms with Gasteiger partial charge in [0, 0.05) is 12.3 Å². The van der Waals surface area contributed by atoms with Crippen LogP contribution in [0, 0.1) is 0 Å². The van der Waals surface area contributed by atoms with E-state index in [1.165, 1.54) is 6.92 Å². The van der Waals surface area contributed by atoms with Crippen molar-refractivity contribution in [3.63, 3.8) is 0 Å². The largest absolute Gasteiger partial charge is 0.394 e. The van der Waals surface area contributed by atoms with Crippen molar-refractivity contribution >= 4 is 0 Å². The Morgan fingerprint density at radius 2 is 2.20 bits per heavy atom. The molecule has 6 N–H and O–H groups in total.